The van der Waals surface area contributed by atoms with Crippen molar-refractivity contribution in [3.8, 4) is 11.5 Å². The van der Waals surface area contributed by atoms with E-state index in [1.54, 1.807) is 24.3 Å². The van der Waals surface area contributed by atoms with E-state index in [-0.39, 0.29) is 11.4 Å². The number of ether oxygens (including phenoxy) is 1. The number of benzene rings is 2. The molecule has 0 unspecified atom stereocenters. The van der Waals surface area contributed by atoms with Gasteiger partial charge in [0, 0.05) is 9.57 Å². The Morgan fingerprint density at radius 2 is 1.93 bits per heavy atom. The van der Waals surface area contributed by atoms with Crippen LogP contribution < -0.4 is 10.1 Å². The highest BCUT2D eigenvalue weighted by Gasteiger charge is 2.31. The van der Waals surface area contributed by atoms with Crippen LogP contribution in [0.5, 0.6) is 11.5 Å². The van der Waals surface area contributed by atoms with Crippen molar-refractivity contribution in [3.63, 3.8) is 0 Å². The van der Waals surface area contributed by atoms with E-state index >= 15 is 0 Å². The number of carbonyl (C=O) groups is 1. The number of nitrogens with zero attached hydrogens (tertiary/aromatic N) is 4. The molecular weight excluding hydrogens is 475 g/mol. The van der Waals surface area contributed by atoms with E-state index in [9.17, 15) is 28.1 Å². The van der Waals surface area contributed by atoms with Crippen molar-refractivity contribution in [1.82, 2.24) is 14.8 Å². The molecule has 3 aromatic rings. The van der Waals surface area contributed by atoms with Crippen molar-refractivity contribution in [2.75, 3.05) is 5.32 Å². The number of carbonyl (C=O) groups excluding carboxylic acids is 1. The lowest BCUT2D eigenvalue weighted by Gasteiger charge is -2.15. The van der Waals surface area contributed by atoms with Crippen molar-refractivity contribution >= 4 is 33.5 Å². The maximum atomic E-state index is 13.1. The molecule has 0 saturated carbocycles. The van der Waals surface area contributed by atoms with Crippen LogP contribution in [0.4, 0.5) is 24.8 Å². The first-order valence-electron chi connectivity index (χ1n) is 8.10. The van der Waals surface area contributed by atoms with Crippen molar-refractivity contribution in [2.24, 2.45) is 0 Å². The zero-order valence-electron chi connectivity index (χ0n) is 14.8. The molecule has 13 heteroatoms. The second-order valence-corrected chi connectivity index (χ2v) is 6.73. The summed E-state index contributed by atoms with van der Waals surface area (Å²) in [6.45, 7) is -0.505. The molecule has 1 heterocycles. The lowest BCUT2D eigenvalue weighted by atomic mass is 10.1. The van der Waals surface area contributed by atoms with E-state index in [2.05, 4.69) is 31.3 Å². The summed E-state index contributed by atoms with van der Waals surface area (Å²) in [5.41, 5.74) is -1.22. The van der Waals surface area contributed by atoms with Gasteiger partial charge in [-0.2, -0.15) is 17.9 Å². The molecule has 0 fully saturated rings. The first-order chi connectivity index (χ1) is 14.1. The molecule has 9 nitrogen and oxygen atoms in total. The molecule has 0 aliphatic heterocycles. The topological polar surface area (TPSA) is 112 Å². The minimum absolute atomic E-state index is 0.0248. The summed E-state index contributed by atoms with van der Waals surface area (Å²) in [6.07, 6.45) is -3.68. The molecule has 3 rings (SSSR count). The zero-order valence-corrected chi connectivity index (χ0v) is 16.3. The predicted molar refractivity (Wildman–Crippen MR) is 101 cm³/mol. The Morgan fingerprint density at radius 3 is 2.53 bits per heavy atom. The van der Waals surface area contributed by atoms with Gasteiger partial charge in [0.1, 0.15) is 12.3 Å². The van der Waals surface area contributed by atoms with Crippen LogP contribution in [0.1, 0.15) is 5.56 Å². The highest BCUT2D eigenvalue weighted by molar-refractivity contribution is 9.10. The summed E-state index contributed by atoms with van der Waals surface area (Å²) in [5.74, 6) is -1.18. The van der Waals surface area contributed by atoms with Gasteiger partial charge in [-0.25, -0.2) is 0 Å². The smallest absolute Gasteiger partial charge is 0.455 e. The number of hydrogen-bond donors (Lipinski definition) is 1. The summed E-state index contributed by atoms with van der Waals surface area (Å²) in [4.78, 5) is 25.4. The Balaban J connectivity index is 1.84. The van der Waals surface area contributed by atoms with E-state index in [0.29, 0.717) is 5.75 Å². The molecule has 156 valence electrons. The second-order valence-electron chi connectivity index (χ2n) is 5.81. The fraction of sp³-hybridized carbons (Fsp3) is 0.118. The average Bonchev–Trinajstić information content (AvgIpc) is 3.12. The van der Waals surface area contributed by atoms with Gasteiger partial charge in [0.15, 0.2) is 5.75 Å². The van der Waals surface area contributed by atoms with Crippen LogP contribution in [-0.4, -0.2) is 25.6 Å². The van der Waals surface area contributed by atoms with E-state index in [1.807, 2.05) is 0 Å². The van der Waals surface area contributed by atoms with Crippen LogP contribution in [0.2, 0.25) is 0 Å². The van der Waals surface area contributed by atoms with Gasteiger partial charge in [0.25, 0.3) is 0 Å². The normalized spacial score (nSPS) is 11.2. The third-order valence-electron chi connectivity index (χ3n) is 3.62. The molecule has 0 atom stereocenters. The number of nitro groups is 1. The monoisotopic (exact) mass is 485 g/mol. The molecule has 0 radical (unpaired) electrons. The molecule has 30 heavy (non-hydrogen) atoms. The molecule has 0 aliphatic carbocycles. The van der Waals surface area contributed by atoms with Crippen LogP contribution in [0, 0.1) is 10.1 Å². The summed E-state index contributed by atoms with van der Waals surface area (Å²) >= 11 is 3.26. The SMILES string of the molecule is O=C(Cn1cnc([N+](=O)[O-])n1)Nc1cc(C(F)(F)F)ccc1Oc1ccc(Br)cc1. The lowest BCUT2D eigenvalue weighted by molar-refractivity contribution is -0.394. The fourth-order valence-corrected chi connectivity index (χ4v) is 2.57. The Kier molecular flexibility index (Phi) is 6.01. The van der Waals surface area contributed by atoms with Gasteiger partial charge in [-0.05, 0) is 47.4 Å². The molecular formula is C17H11BrF3N5O4. The number of nitrogens with one attached hydrogen (secondary N) is 1. The molecule has 1 aromatic heterocycles. The van der Waals surface area contributed by atoms with Crippen LogP contribution in [0.25, 0.3) is 0 Å². The molecule has 0 saturated heterocycles. The highest BCUT2D eigenvalue weighted by Crippen LogP contribution is 2.37. The first kappa shape index (κ1) is 21.2. The third-order valence-corrected chi connectivity index (χ3v) is 4.14. The number of halogens is 4. The van der Waals surface area contributed by atoms with E-state index < -0.39 is 35.1 Å². The summed E-state index contributed by atoms with van der Waals surface area (Å²) in [7, 11) is 0. The minimum atomic E-state index is -4.64. The van der Waals surface area contributed by atoms with Gasteiger partial charge < -0.3 is 20.2 Å². The standard InChI is InChI=1S/C17H11BrF3N5O4/c18-11-2-4-12(5-3-11)30-14-6-1-10(17(19,20)21)7-13(14)23-15(27)8-25-9-22-16(24-25)26(28)29/h1-7,9H,8H2,(H,23,27). The summed E-state index contributed by atoms with van der Waals surface area (Å²) in [5, 5.41) is 16.4. The molecule has 0 spiro atoms. The quantitative estimate of drug-likeness (QED) is 0.409. The van der Waals surface area contributed by atoms with Crippen molar-refractivity contribution in [3.05, 3.63) is 68.9 Å². The maximum absolute atomic E-state index is 13.1. The lowest BCUT2D eigenvalue weighted by Crippen LogP contribution is -2.20. The number of rotatable bonds is 6. The Labute approximate surface area is 174 Å². The van der Waals surface area contributed by atoms with Crippen molar-refractivity contribution in [2.45, 2.75) is 12.7 Å². The van der Waals surface area contributed by atoms with E-state index in [4.69, 9.17) is 4.74 Å². The molecule has 1 amide bonds. The molecule has 0 aliphatic rings. The molecule has 0 bridgehead atoms. The number of amides is 1. The second kappa shape index (κ2) is 8.49. The van der Waals surface area contributed by atoms with Crippen LogP contribution in [0.3, 0.4) is 0 Å². The number of anilines is 1. The highest BCUT2D eigenvalue weighted by atomic mass is 79.9. The van der Waals surface area contributed by atoms with Crippen LogP contribution in [-0.2, 0) is 17.5 Å². The zero-order chi connectivity index (χ0) is 21.9. The summed E-state index contributed by atoms with van der Waals surface area (Å²) < 4.78 is 46.5. The van der Waals surface area contributed by atoms with Gasteiger partial charge in [0.05, 0.1) is 11.3 Å². The average molecular weight is 486 g/mol. The van der Waals surface area contributed by atoms with Gasteiger partial charge in [-0.1, -0.05) is 20.9 Å². The predicted octanol–water partition coefficient (Wildman–Crippen LogP) is 4.40. The van der Waals surface area contributed by atoms with Crippen LogP contribution in [0.15, 0.2) is 53.3 Å². The molecule has 1 N–H and O–H groups in total. The Bertz CT molecular complexity index is 1090. The number of alkyl halides is 3. The Hall–Kier alpha value is -3.48. The van der Waals surface area contributed by atoms with Crippen molar-refractivity contribution < 1.29 is 27.6 Å². The fourth-order valence-electron chi connectivity index (χ4n) is 2.30. The molecule has 2 aromatic carbocycles. The van der Waals surface area contributed by atoms with Gasteiger partial charge >= 0.3 is 12.1 Å². The maximum Gasteiger partial charge on any atom is 0.490 e. The van der Waals surface area contributed by atoms with Crippen LogP contribution >= 0.6 is 15.9 Å². The number of aromatic nitrogens is 3. The first-order valence-corrected chi connectivity index (χ1v) is 8.89. The Morgan fingerprint density at radius 1 is 1.23 bits per heavy atom. The number of hydrogen-bond acceptors (Lipinski definition) is 6. The largest absolute Gasteiger partial charge is 0.490 e. The summed E-state index contributed by atoms with van der Waals surface area (Å²) in [6, 6.07) is 9.16. The van der Waals surface area contributed by atoms with E-state index in [1.165, 1.54) is 0 Å². The van der Waals surface area contributed by atoms with Crippen molar-refractivity contribution in [1.29, 1.82) is 0 Å². The van der Waals surface area contributed by atoms with E-state index in [0.717, 1.165) is 33.7 Å². The van der Waals surface area contributed by atoms with Gasteiger partial charge in [0.2, 0.25) is 12.2 Å². The third kappa shape index (κ3) is 5.31. The minimum Gasteiger partial charge on any atom is -0.455 e. The van der Waals surface area contributed by atoms with Gasteiger partial charge in [-0.15, -0.1) is 0 Å². The van der Waals surface area contributed by atoms with Gasteiger partial charge in [-0.3, -0.25) is 4.79 Å².